The van der Waals surface area contributed by atoms with Gasteiger partial charge < -0.3 is 4.74 Å². The fourth-order valence-electron chi connectivity index (χ4n) is 4.27. The van der Waals surface area contributed by atoms with E-state index in [0.717, 1.165) is 46.7 Å². The van der Waals surface area contributed by atoms with Crippen molar-refractivity contribution in [2.45, 2.75) is 31.3 Å². The van der Waals surface area contributed by atoms with Crippen LogP contribution in [0.3, 0.4) is 0 Å². The quantitative estimate of drug-likeness (QED) is 0.426. The fourth-order valence-corrected chi connectivity index (χ4v) is 5.48. The van der Waals surface area contributed by atoms with E-state index in [1.807, 2.05) is 43.7 Å². The van der Waals surface area contributed by atoms with Gasteiger partial charge in [0.2, 0.25) is 0 Å². The minimum Gasteiger partial charge on any atom is -0.497 e. The molecular formula is C25H25FN4OS. The average Bonchev–Trinajstić information content (AvgIpc) is 3.45. The van der Waals surface area contributed by atoms with Crippen molar-refractivity contribution >= 4 is 11.3 Å². The molecule has 0 bridgehead atoms. The first-order chi connectivity index (χ1) is 15.6. The lowest BCUT2D eigenvalue weighted by molar-refractivity contribution is 0.415. The molecule has 0 saturated heterocycles. The predicted molar refractivity (Wildman–Crippen MR) is 124 cm³/mol. The summed E-state index contributed by atoms with van der Waals surface area (Å²) in [5.74, 6) is 0.610. The van der Waals surface area contributed by atoms with Crippen molar-refractivity contribution in [3.8, 4) is 16.3 Å². The Hall–Kier alpha value is -3.03. The summed E-state index contributed by atoms with van der Waals surface area (Å²) in [4.78, 5) is 6.26. The van der Waals surface area contributed by atoms with Crippen LogP contribution in [0.25, 0.3) is 10.6 Å². The normalized spacial score (nSPS) is 16.5. The third-order valence-electron chi connectivity index (χ3n) is 5.92. The number of aromatic nitrogens is 3. The molecule has 5 nitrogen and oxygen atoms in total. The molecule has 2 atom stereocenters. The number of hydrogen-bond acceptors (Lipinski definition) is 5. The van der Waals surface area contributed by atoms with Gasteiger partial charge in [-0.1, -0.05) is 12.1 Å². The van der Waals surface area contributed by atoms with E-state index in [2.05, 4.69) is 22.5 Å². The maximum Gasteiger partial charge on any atom is 0.123 e. The van der Waals surface area contributed by atoms with Crippen molar-refractivity contribution in [1.29, 1.82) is 0 Å². The second kappa shape index (κ2) is 8.84. The van der Waals surface area contributed by atoms with Gasteiger partial charge in [-0.15, -0.1) is 11.3 Å². The van der Waals surface area contributed by atoms with Crippen LogP contribution < -0.4 is 10.1 Å². The number of fused-ring (bicyclic) bond motifs is 1. The highest BCUT2D eigenvalue weighted by Gasteiger charge is 2.28. The Bertz CT molecular complexity index is 1200. The van der Waals surface area contributed by atoms with Gasteiger partial charge in [0.1, 0.15) is 16.6 Å². The number of halogens is 1. The highest BCUT2D eigenvalue weighted by atomic mass is 32.1. The topological polar surface area (TPSA) is 52.0 Å². The number of ether oxygens (including phenoxy) is 1. The zero-order valence-corrected chi connectivity index (χ0v) is 18.9. The summed E-state index contributed by atoms with van der Waals surface area (Å²) in [5.41, 5.74) is 4.36. The van der Waals surface area contributed by atoms with E-state index in [4.69, 9.17) is 9.72 Å². The van der Waals surface area contributed by atoms with Gasteiger partial charge in [0.25, 0.3) is 0 Å². The van der Waals surface area contributed by atoms with Crippen molar-refractivity contribution in [3.05, 3.63) is 88.4 Å². The molecule has 0 aliphatic heterocycles. The number of aryl methyl sites for hydroxylation is 2. The highest BCUT2D eigenvalue weighted by molar-refractivity contribution is 7.15. The Labute approximate surface area is 190 Å². The zero-order valence-electron chi connectivity index (χ0n) is 18.1. The molecule has 1 N–H and O–H groups in total. The van der Waals surface area contributed by atoms with E-state index < -0.39 is 0 Å². The molecule has 4 aromatic rings. The van der Waals surface area contributed by atoms with Gasteiger partial charge in [-0.25, -0.2) is 9.37 Å². The lowest BCUT2D eigenvalue weighted by Gasteiger charge is -2.28. The first-order valence-electron chi connectivity index (χ1n) is 10.7. The molecule has 2 aromatic carbocycles. The Kier molecular flexibility index (Phi) is 5.76. The van der Waals surface area contributed by atoms with Crippen LogP contribution in [0.15, 0.2) is 60.9 Å². The maximum absolute atomic E-state index is 13.6. The van der Waals surface area contributed by atoms with Crippen LogP contribution in [0, 0.1) is 5.82 Å². The van der Waals surface area contributed by atoms with Crippen LogP contribution in [0.1, 0.15) is 46.6 Å². The molecule has 2 unspecified atom stereocenters. The smallest absolute Gasteiger partial charge is 0.123 e. The molecule has 0 spiro atoms. The van der Waals surface area contributed by atoms with Crippen LogP contribution in [0.2, 0.25) is 0 Å². The molecule has 5 rings (SSSR count). The van der Waals surface area contributed by atoms with Gasteiger partial charge in [-0.2, -0.15) is 5.10 Å². The van der Waals surface area contributed by atoms with Crippen LogP contribution in [0.4, 0.5) is 4.39 Å². The zero-order chi connectivity index (χ0) is 22.1. The molecule has 7 heteroatoms. The lowest BCUT2D eigenvalue weighted by atomic mass is 9.94. The Morgan fingerprint density at radius 2 is 1.91 bits per heavy atom. The van der Waals surface area contributed by atoms with Crippen LogP contribution in [-0.2, 0) is 13.5 Å². The van der Waals surface area contributed by atoms with Crippen molar-refractivity contribution < 1.29 is 9.13 Å². The summed E-state index contributed by atoms with van der Waals surface area (Å²) in [7, 11) is 3.58. The molecule has 0 radical (unpaired) electrons. The molecule has 0 saturated carbocycles. The van der Waals surface area contributed by atoms with Gasteiger partial charge in [0, 0.05) is 35.3 Å². The van der Waals surface area contributed by atoms with Gasteiger partial charge in [0.15, 0.2) is 0 Å². The SMILES string of the molecule is COc1ccc(-c2nc3c(s2)C(NC(c2ccc(F)cc2)c2cnn(C)c2)CCC3)cc1. The Morgan fingerprint density at radius 3 is 2.59 bits per heavy atom. The molecule has 0 amide bonds. The number of nitrogens with zero attached hydrogens (tertiary/aromatic N) is 3. The fraction of sp³-hybridized carbons (Fsp3) is 0.280. The third kappa shape index (κ3) is 4.18. The van der Waals surface area contributed by atoms with Crippen LogP contribution in [0.5, 0.6) is 5.75 Å². The van der Waals surface area contributed by atoms with E-state index >= 15 is 0 Å². The molecule has 2 heterocycles. The molecule has 2 aromatic heterocycles. The Morgan fingerprint density at radius 1 is 1.12 bits per heavy atom. The first-order valence-corrected chi connectivity index (χ1v) is 11.6. The summed E-state index contributed by atoms with van der Waals surface area (Å²) in [6, 6.07) is 14.9. The largest absolute Gasteiger partial charge is 0.497 e. The summed E-state index contributed by atoms with van der Waals surface area (Å²) in [5, 5.41) is 9.23. The number of thiazole rings is 1. The van der Waals surface area contributed by atoms with Crippen molar-refractivity contribution in [2.75, 3.05) is 7.11 Å². The van der Waals surface area contributed by atoms with E-state index in [1.54, 1.807) is 23.1 Å². The second-order valence-corrected chi connectivity index (χ2v) is 9.13. The monoisotopic (exact) mass is 448 g/mol. The predicted octanol–water partition coefficient (Wildman–Crippen LogP) is 5.45. The van der Waals surface area contributed by atoms with E-state index in [9.17, 15) is 4.39 Å². The molecule has 1 aliphatic carbocycles. The average molecular weight is 449 g/mol. The third-order valence-corrected chi connectivity index (χ3v) is 7.18. The highest BCUT2D eigenvalue weighted by Crippen LogP contribution is 2.40. The first kappa shape index (κ1) is 20.8. The summed E-state index contributed by atoms with van der Waals surface area (Å²) in [6.45, 7) is 0. The minimum atomic E-state index is -0.231. The van der Waals surface area contributed by atoms with E-state index in [1.165, 1.54) is 22.7 Å². The number of methoxy groups -OCH3 is 1. The van der Waals surface area contributed by atoms with Crippen molar-refractivity contribution in [3.63, 3.8) is 0 Å². The maximum atomic E-state index is 13.6. The van der Waals surface area contributed by atoms with Gasteiger partial charge in [-0.3, -0.25) is 10.00 Å². The number of hydrogen-bond donors (Lipinski definition) is 1. The van der Waals surface area contributed by atoms with Gasteiger partial charge in [0.05, 0.1) is 25.0 Å². The Balaban J connectivity index is 1.46. The molecule has 0 fully saturated rings. The lowest BCUT2D eigenvalue weighted by Crippen LogP contribution is -2.29. The molecule has 164 valence electrons. The molecule has 32 heavy (non-hydrogen) atoms. The summed E-state index contributed by atoms with van der Waals surface area (Å²) in [6.07, 6.45) is 7.00. The van der Waals surface area contributed by atoms with E-state index in [-0.39, 0.29) is 17.9 Å². The number of nitrogens with one attached hydrogen (secondary N) is 1. The van der Waals surface area contributed by atoms with Crippen LogP contribution >= 0.6 is 11.3 Å². The minimum absolute atomic E-state index is 0.0770. The second-order valence-electron chi connectivity index (χ2n) is 8.10. The molecular weight excluding hydrogens is 423 g/mol. The van der Waals surface area contributed by atoms with Crippen LogP contribution in [-0.4, -0.2) is 21.9 Å². The van der Waals surface area contributed by atoms with Crippen molar-refractivity contribution in [1.82, 2.24) is 20.1 Å². The van der Waals surface area contributed by atoms with Gasteiger partial charge in [-0.05, 0) is 61.2 Å². The van der Waals surface area contributed by atoms with Crippen molar-refractivity contribution in [2.24, 2.45) is 7.05 Å². The number of rotatable bonds is 6. The molecule has 1 aliphatic rings. The summed E-state index contributed by atoms with van der Waals surface area (Å²) >= 11 is 1.75. The standard InChI is InChI=1S/C25H25FN4OS/c1-30-15-18(14-27-30)23(16-6-10-19(26)11-7-16)28-21-4-3-5-22-24(21)32-25(29-22)17-8-12-20(31-2)13-9-17/h6-15,21,23,28H,3-5H2,1-2H3. The van der Waals surface area contributed by atoms with E-state index in [0.29, 0.717) is 0 Å². The number of benzene rings is 2. The summed E-state index contributed by atoms with van der Waals surface area (Å²) < 4.78 is 20.7. The van der Waals surface area contributed by atoms with Gasteiger partial charge >= 0.3 is 0 Å².